The van der Waals surface area contributed by atoms with Crippen LogP contribution >= 0.6 is 24.8 Å². The summed E-state index contributed by atoms with van der Waals surface area (Å²) in [6, 6.07) is 8.21. The summed E-state index contributed by atoms with van der Waals surface area (Å²) >= 11 is 0. The lowest BCUT2D eigenvalue weighted by Gasteiger charge is -2.35. The van der Waals surface area contributed by atoms with E-state index in [1.54, 1.807) is 0 Å². The number of ether oxygens (including phenoxy) is 1. The Morgan fingerprint density at radius 1 is 1.07 bits per heavy atom. The summed E-state index contributed by atoms with van der Waals surface area (Å²) in [5.41, 5.74) is 2.08. The van der Waals surface area contributed by atoms with Crippen molar-refractivity contribution in [1.29, 1.82) is 0 Å². The summed E-state index contributed by atoms with van der Waals surface area (Å²) in [4.78, 5) is 17.3. The quantitative estimate of drug-likeness (QED) is 0.726. The molecule has 0 bridgehead atoms. The van der Waals surface area contributed by atoms with Gasteiger partial charge in [-0.15, -0.1) is 24.8 Å². The van der Waals surface area contributed by atoms with E-state index in [2.05, 4.69) is 36.2 Å². The summed E-state index contributed by atoms with van der Waals surface area (Å²) in [7, 11) is 2.00. The number of rotatable bonds is 6. The average Bonchev–Trinajstić information content (AvgIpc) is 2.66. The van der Waals surface area contributed by atoms with Gasteiger partial charge in [-0.05, 0) is 70.3 Å². The van der Waals surface area contributed by atoms with Crippen molar-refractivity contribution in [2.24, 2.45) is 5.92 Å². The number of piperidine rings is 1. The number of likely N-dealkylation sites (tertiary alicyclic amines) is 1. The molecule has 1 aromatic carbocycles. The van der Waals surface area contributed by atoms with E-state index in [9.17, 15) is 4.79 Å². The molecule has 0 aromatic heterocycles. The van der Waals surface area contributed by atoms with Crippen LogP contribution in [0.1, 0.15) is 49.0 Å². The molecule has 2 heterocycles. The van der Waals surface area contributed by atoms with Crippen LogP contribution in [-0.2, 0) is 11.3 Å². The van der Waals surface area contributed by atoms with Crippen LogP contribution in [0.25, 0.3) is 0 Å². The fourth-order valence-electron chi connectivity index (χ4n) is 4.38. The van der Waals surface area contributed by atoms with Crippen LogP contribution in [0.2, 0.25) is 0 Å². The van der Waals surface area contributed by atoms with Crippen molar-refractivity contribution in [3.05, 3.63) is 35.4 Å². The molecule has 1 N–H and O–H groups in total. The van der Waals surface area contributed by atoms with Crippen molar-refractivity contribution in [2.45, 2.75) is 51.9 Å². The Morgan fingerprint density at radius 2 is 1.66 bits per heavy atom. The first-order chi connectivity index (χ1) is 13.0. The van der Waals surface area contributed by atoms with E-state index >= 15 is 0 Å². The second kappa shape index (κ2) is 12.8. The van der Waals surface area contributed by atoms with Gasteiger partial charge in [-0.1, -0.05) is 12.1 Å². The number of carbonyl (C=O) groups is 1. The molecule has 5 nitrogen and oxygen atoms in total. The number of amides is 1. The van der Waals surface area contributed by atoms with Crippen molar-refractivity contribution in [3.63, 3.8) is 0 Å². The highest BCUT2D eigenvalue weighted by Crippen LogP contribution is 2.22. The average molecular weight is 446 g/mol. The van der Waals surface area contributed by atoms with Gasteiger partial charge in [0.05, 0.1) is 12.2 Å². The third-order valence-electron chi connectivity index (χ3n) is 5.81. The van der Waals surface area contributed by atoms with Crippen molar-refractivity contribution < 1.29 is 9.53 Å². The molecule has 2 atom stereocenters. The minimum atomic E-state index is 0. The molecule has 1 aromatic rings. The third-order valence-corrected chi connectivity index (χ3v) is 5.81. The molecule has 2 aliphatic heterocycles. The summed E-state index contributed by atoms with van der Waals surface area (Å²) < 4.78 is 5.81. The van der Waals surface area contributed by atoms with Gasteiger partial charge in [-0.2, -0.15) is 0 Å². The van der Waals surface area contributed by atoms with Gasteiger partial charge < -0.3 is 15.0 Å². The van der Waals surface area contributed by atoms with Crippen LogP contribution in [0, 0.1) is 5.92 Å². The number of carbonyl (C=O) groups excluding carboxylic acids is 1. The maximum Gasteiger partial charge on any atom is 0.253 e. The zero-order valence-electron chi connectivity index (χ0n) is 17.9. The zero-order chi connectivity index (χ0) is 19.2. The number of hydrogen-bond acceptors (Lipinski definition) is 4. The molecule has 2 fully saturated rings. The first-order valence-electron chi connectivity index (χ1n) is 10.5. The first kappa shape index (κ1) is 26.2. The molecule has 7 heteroatoms. The molecule has 2 saturated heterocycles. The number of benzene rings is 1. The topological polar surface area (TPSA) is 44.8 Å². The maximum absolute atomic E-state index is 12.8. The van der Waals surface area contributed by atoms with Crippen molar-refractivity contribution in [3.8, 4) is 0 Å². The molecular weight excluding hydrogens is 409 g/mol. The van der Waals surface area contributed by atoms with E-state index in [1.807, 2.05) is 24.1 Å². The number of nitrogens with one attached hydrogen (secondary N) is 1. The Bertz CT molecular complexity index is 597. The molecule has 29 heavy (non-hydrogen) atoms. The van der Waals surface area contributed by atoms with Crippen LogP contribution in [0.4, 0.5) is 0 Å². The monoisotopic (exact) mass is 445 g/mol. The van der Waals surface area contributed by atoms with Crippen molar-refractivity contribution in [2.75, 3.05) is 39.8 Å². The van der Waals surface area contributed by atoms with Crippen LogP contribution < -0.4 is 5.32 Å². The summed E-state index contributed by atoms with van der Waals surface area (Å²) in [5, 5.41) is 3.22. The Balaban J connectivity index is 0.00000210. The Kier molecular flexibility index (Phi) is 11.5. The fraction of sp³-hybridized carbons (Fsp3) is 0.682. The lowest BCUT2D eigenvalue weighted by molar-refractivity contribution is -0.0704. The van der Waals surface area contributed by atoms with E-state index in [4.69, 9.17) is 4.74 Å². The third kappa shape index (κ3) is 7.72. The molecule has 3 rings (SSSR count). The molecule has 166 valence electrons. The standard InChI is InChI=1S/C22H35N3O2.2ClH/c1-17-14-24(15-18(2)27-17)16-20-4-6-21(7-5-20)22(26)25-12-9-19(10-13-25)8-11-23-3;;/h4-7,17-19,23H,8-16H2,1-3H3;2*1H. The molecule has 0 radical (unpaired) electrons. The molecular formula is C22H37Cl2N3O2. The smallest absolute Gasteiger partial charge is 0.253 e. The number of morpholine rings is 1. The molecule has 0 saturated carbocycles. The summed E-state index contributed by atoms with van der Waals surface area (Å²) in [6.07, 6.45) is 4.03. The lowest BCUT2D eigenvalue weighted by atomic mass is 9.93. The van der Waals surface area contributed by atoms with E-state index in [0.717, 1.165) is 63.6 Å². The number of nitrogens with zero attached hydrogens (tertiary/aromatic N) is 2. The minimum Gasteiger partial charge on any atom is -0.373 e. The van der Waals surface area contributed by atoms with E-state index in [1.165, 1.54) is 12.0 Å². The lowest BCUT2D eigenvalue weighted by Crippen LogP contribution is -2.44. The van der Waals surface area contributed by atoms with Gasteiger partial charge in [-0.25, -0.2) is 0 Å². The highest BCUT2D eigenvalue weighted by molar-refractivity contribution is 5.94. The fourth-order valence-corrected chi connectivity index (χ4v) is 4.38. The number of hydrogen-bond donors (Lipinski definition) is 1. The molecule has 2 aliphatic rings. The van der Waals surface area contributed by atoms with Crippen LogP contribution in [0.5, 0.6) is 0 Å². The van der Waals surface area contributed by atoms with E-state index in [0.29, 0.717) is 0 Å². The van der Waals surface area contributed by atoms with Crippen molar-refractivity contribution in [1.82, 2.24) is 15.1 Å². The largest absolute Gasteiger partial charge is 0.373 e. The van der Waals surface area contributed by atoms with Gasteiger partial charge in [0, 0.05) is 38.3 Å². The van der Waals surface area contributed by atoms with Gasteiger partial charge in [0.15, 0.2) is 0 Å². The molecule has 1 amide bonds. The Hall–Kier alpha value is -0.850. The molecule has 0 spiro atoms. The minimum absolute atomic E-state index is 0. The summed E-state index contributed by atoms with van der Waals surface area (Å²) in [6.45, 7) is 9.96. The SMILES string of the molecule is CNCCC1CCN(C(=O)c2ccc(CN3CC(C)OC(C)C3)cc2)CC1.Cl.Cl. The highest BCUT2D eigenvalue weighted by atomic mass is 35.5. The van der Waals surface area contributed by atoms with Gasteiger partial charge in [0.25, 0.3) is 5.91 Å². The highest BCUT2D eigenvalue weighted by Gasteiger charge is 2.24. The first-order valence-corrected chi connectivity index (χ1v) is 10.5. The van der Waals surface area contributed by atoms with Gasteiger partial charge in [0.2, 0.25) is 0 Å². The predicted octanol–water partition coefficient (Wildman–Crippen LogP) is 3.60. The van der Waals surface area contributed by atoms with E-state index < -0.39 is 0 Å². The normalized spacial score (nSPS) is 23.2. The molecule has 0 aliphatic carbocycles. The van der Waals surface area contributed by atoms with Crippen molar-refractivity contribution >= 4 is 30.7 Å². The second-order valence-electron chi connectivity index (χ2n) is 8.28. The Morgan fingerprint density at radius 3 is 2.21 bits per heavy atom. The van der Waals surface area contributed by atoms with E-state index in [-0.39, 0.29) is 42.9 Å². The zero-order valence-corrected chi connectivity index (χ0v) is 19.6. The number of halogens is 2. The van der Waals surface area contributed by atoms with Crippen LogP contribution in [-0.4, -0.2) is 67.7 Å². The second-order valence-corrected chi connectivity index (χ2v) is 8.28. The van der Waals surface area contributed by atoms with Gasteiger partial charge in [0.1, 0.15) is 0 Å². The van der Waals surface area contributed by atoms with Crippen LogP contribution in [0.15, 0.2) is 24.3 Å². The molecule has 2 unspecified atom stereocenters. The van der Waals surface area contributed by atoms with Gasteiger partial charge in [-0.3, -0.25) is 9.69 Å². The Labute approximate surface area is 188 Å². The predicted molar refractivity (Wildman–Crippen MR) is 123 cm³/mol. The van der Waals surface area contributed by atoms with Gasteiger partial charge >= 0.3 is 0 Å². The maximum atomic E-state index is 12.8. The van der Waals surface area contributed by atoms with Crippen LogP contribution in [0.3, 0.4) is 0 Å². The summed E-state index contributed by atoms with van der Waals surface area (Å²) in [5.74, 6) is 0.935.